The van der Waals surface area contributed by atoms with Crippen molar-refractivity contribution in [2.45, 2.75) is 66.2 Å². The lowest BCUT2D eigenvalue weighted by Gasteiger charge is -2.25. The van der Waals surface area contributed by atoms with Gasteiger partial charge in [0.15, 0.2) is 4.83 Å². The number of aryl methyl sites for hydroxylation is 1. The van der Waals surface area contributed by atoms with E-state index in [2.05, 4.69) is 28.9 Å². The van der Waals surface area contributed by atoms with Crippen molar-refractivity contribution in [2.75, 3.05) is 13.1 Å². The van der Waals surface area contributed by atoms with Gasteiger partial charge < -0.3 is 15.4 Å². The third-order valence-electron chi connectivity index (χ3n) is 5.38. The predicted octanol–water partition coefficient (Wildman–Crippen LogP) is 4.55. The zero-order valence-corrected chi connectivity index (χ0v) is 22.0. The smallest absolute Gasteiger partial charge is 0.407 e. The fraction of sp³-hybridized carbons (Fsp3) is 0.520. The van der Waals surface area contributed by atoms with Crippen LogP contribution in [0.15, 0.2) is 29.1 Å². The van der Waals surface area contributed by atoms with E-state index in [1.54, 1.807) is 23.6 Å². The number of carbonyl (C=O) groups is 1. The van der Waals surface area contributed by atoms with Gasteiger partial charge in [-0.2, -0.15) is 4.37 Å². The second-order valence-corrected chi connectivity index (χ2v) is 10.6. The second-order valence-electron chi connectivity index (χ2n) is 9.89. The standard InChI is InChI=1S/C25H34FN5O3S/c1-15(2)20(27-12-7-13-28-24(33)34-25(4,5)6)21-29-22-19(16(3)30-35-22)23(32)31(21)14-17-8-10-18(26)11-9-17/h8-11,15,20,27H,7,12-14H2,1-6H3,(H,28,33). The zero-order valence-electron chi connectivity index (χ0n) is 21.1. The molecule has 1 aromatic carbocycles. The number of fused-ring (bicyclic) bond motifs is 1. The maximum Gasteiger partial charge on any atom is 0.407 e. The third-order valence-corrected chi connectivity index (χ3v) is 6.21. The van der Waals surface area contributed by atoms with Gasteiger partial charge in [0.25, 0.3) is 5.56 Å². The summed E-state index contributed by atoms with van der Waals surface area (Å²) < 4.78 is 24.7. The van der Waals surface area contributed by atoms with Crippen molar-refractivity contribution < 1.29 is 13.9 Å². The van der Waals surface area contributed by atoms with Gasteiger partial charge in [-0.1, -0.05) is 26.0 Å². The molecule has 0 aliphatic carbocycles. The third kappa shape index (κ3) is 7.08. The molecule has 190 valence electrons. The van der Waals surface area contributed by atoms with Gasteiger partial charge in [-0.05, 0) is 75.8 Å². The largest absolute Gasteiger partial charge is 0.444 e. The van der Waals surface area contributed by atoms with Crippen molar-refractivity contribution in [3.8, 4) is 0 Å². The van der Waals surface area contributed by atoms with E-state index in [0.717, 1.165) is 5.56 Å². The van der Waals surface area contributed by atoms with Gasteiger partial charge >= 0.3 is 6.09 Å². The van der Waals surface area contributed by atoms with E-state index < -0.39 is 11.7 Å². The van der Waals surface area contributed by atoms with Crippen LogP contribution < -0.4 is 16.2 Å². The summed E-state index contributed by atoms with van der Waals surface area (Å²) in [7, 11) is 0. The molecule has 0 aliphatic rings. The Balaban J connectivity index is 1.82. The number of alkyl carbamates (subject to hydrolysis) is 1. The van der Waals surface area contributed by atoms with Crippen LogP contribution in [-0.4, -0.2) is 38.7 Å². The second kappa shape index (κ2) is 11.3. The number of benzene rings is 1. The van der Waals surface area contributed by atoms with Crippen molar-refractivity contribution in [2.24, 2.45) is 5.92 Å². The van der Waals surface area contributed by atoms with Crippen LogP contribution in [0.5, 0.6) is 0 Å². The molecule has 2 N–H and O–H groups in total. The van der Waals surface area contributed by atoms with E-state index in [4.69, 9.17) is 9.72 Å². The fourth-order valence-corrected chi connectivity index (χ4v) is 4.50. The minimum Gasteiger partial charge on any atom is -0.444 e. The molecule has 0 radical (unpaired) electrons. The van der Waals surface area contributed by atoms with Gasteiger partial charge in [0.1, 0.15) is 17.2 Å². The van der Waals surface area contributed by atoms with E-state index in [0.29, 0.717) is 41.2 Å². The van der Waals surface area contributed by atoms with Gasteiger partial charge in [-0.3, -0.25) is 9.36 Å². The van der Waals surface area contributed by atoms with Crippen molar-refractivity contribution in [1.82, 2.24) is 24.6 Å². The first-order valence-corrected chi connectivity index (χ1v) is 12.5. The molecule has 3 aromatic rings. The molecule has 0 aliphatic heterocycles. The van der Waals surface area contributed by atoms with E-state index >= 15 is 0 Å². The van der Waals surface area contributed by atoms with Crippen molar-refractivity contribution in [3.05, 3.63) is 57.5 Å². The van der Waals surface area contributed by atoms with E-state index in [1.165, 1.54) is 23.7 Å². The summed E-state index contributed by atoms with van der Waals surface area (Å²) in [6, 6.07) is 5.92. The number of carbonyl (C=O) groups excluding carboxylic acids is 1. The minimum atomic E-state index is -0.543. The number of hydrogen-bond donors (Lipinski definition) is 2. The number of aromatic nitrogens is 3. The van der Waals surface area contributed by atoms with Gasteiger partial charge in [0.05, 0.1) is 23.7 Å². The van der Waals surface area contributed by atoms with Gasteiger partial charge in [0.2, 0.25) is 0 Å². The average Bonchev–Trinajstić information content (AvgIpc) is 3.13. The highest BCUT2D eigenvalue weighted by molar-refractivity contribution is 7.12. The van der Waals surface area contributed by atoms with Crippen molar-refractivity contribution in [1.29, 1.82) is 0 Å². The lowest BCUT2D eigenvalue weighted by molar-refractivity contribution is 0.0527. The Morgan fingerprint density at radius 3 is 2.51 bits per heavy atom. The van der Waals surface area contributed by atoms with Gasteiger partial charge in [-0.15, -0.1) is 0 Å². The number of ether oxygens (including phenoxy) is 1. The summed E-state index contributed by atoms with van der Waals surface area (Å²) in [5, 5.41) is 6.78. The molecule has 0 saturated heterocycles. The molecule has 10 heteroatoms. The summed E-state index contributed by atoms with van der Waals surface area (Å²) in [5.74, 6) is 0.423. The SMILES string of the molecule is Cc1nsc2nc(C(NCCCNC(=O)OC(C)(C)C)C(C)C)n(Cc3ccc(F)cc3)c(=O)c12. The highest BCUT2D eigenvalue weighted by Gasteiger charge is 2.24. The number of hydrogen-bond acceptors (Lipinski definition) is 7. The molecule has 2 aromatic heterocycles. The van der Waals surface area contributed by atoms with Gasteiger partial charge in [0, 0.05) is 6.54 Å². The van der Waals surface area contributed by atoms with Crippen LogP contribution in [0.1, 0.15) is 64.2 Å². The predicted molar refractivity (Wildman–Crippen MR) is 136 cm³/mol. The monoisotopic (exact) mass is 503 g/mol. The lowest BCUT2D eigenvalue weighted by Crippen LogP contribution is -2.37. The molecule has 3 rings (SSSR count). The van der Waals surface area contributed by atoms with E-state index in [-0.39, 0.29) is 29.9 Å². The summed E-state index contributed by atoms with van der Waals surface area (Å²) in [5.41, 5.74) is 0.767. The quantitative estimate of drug-likeness (QED) is 0.416. The molecule has 0 saturated carbocycles. The molecule has 0 spiro atoms. The van der Waals surface area contributed by atoms with Crippen LogP contribution in [0.25, 0.3) is 10.2 Å². The highest BCUT2D eigenvalue weighted by atomic mass is 32.1. The van der Waals surface area contributed by atoms with Crippen LogP contribution in [0.2, 0.25) is 0 Å². The van der Waals surface area contributed by atoms with Crippen molar-refractivity contribution >= 4 is 27.8 Å². The molecule has 35 heavy (non-hydrogen) atoms. The number of nitrogens with zero attached hydrogens (tertiary/aromatic N) is 3. The first-order chi connectivity index (χ1) is 16.5. The summed E-state index contributed by atoms with van der Waals surface area (Å²) in [6.45, 7) is 12.7. The first-order valence-electron chi connectivity index (χ1n) is 11.8. The minimum absolute atomic E-state index is 0.131. The molecule has 2 heterocycles. The Labute approximate surface area is 209 Å². The van der Waals surface area contributed by atoms with E-state index in [9.17, 15) is 14.0 Å². The van der Waals surface area contributed by atoms with Crippen LogP contribution >= 0.6 is 11.5 Å². The number of nitrogens with one attached hydrogen (secondary N) is 2. The summed E-state index contributed by atoms with van der Waals surface area (Å²) >= 11 is 1.21. The Bertz CT molecular complexity index is 1210. The highest BCUT2D eigenvalue weighted by Crippen LogP contribution is 2.24. The molecule has 1 atom stereocenters. The number of amides is 1. The average molecular weight is 504 g/mol. The molecular formula is C25H34FN5O3S. The Kier molecular flexibility index (Phi) is 8.60. The Hall–Kier alpha value is -2.85. The number of rotatable bonds is 9. The molecule has 1 unspecified atom stereocenters. The summed E-state index contributed by atoms with van der Waals surface area (Å²) in [6.07, 6.45) is 0.228. The zero-order chi connectivity index (χ0) is 25.8. The topological polar surface area (TPSA) is 98.1 Å². The molecule has 0 bridgehead atoms. The summed E-state index contributed by atoms with van der Waals surface area (Å²) in [4.78, 5) is 30.8. The van der Waals surface area contributed by atoms with Crippen LogP contribution in [0, 0.1) is 18.7 Å². The Morgan fingerprint density at radius 2 is 1.89 bits per heavy atom. The molecular weight excluding hydrogens is 469 g/mol. The van der Waals surface area contributed by atoms with Gasteiger partial charge in [-0.25, -0.2) is 14.2 Å². The lowest BCUT2D eigenvalue weighted by atomic mass is 10.0. The molecule has 0 fully saturated rings. The maximum absolute atomic E-state index is 13.5. The number of halogens is 1. The fourth-order valence-electron chi connectivity index (χ4n) is 3.72. The van der Waals surface area contributed by atoms with E-state index in [1.807, 2.05) is 20.8 Å². The Morgan fingerprint density at radius 1 is 1.20 bits per heavy atom. The van der Waals surface area contributed by atoms with Crippen LogP contribution in [0.3, 0.4) is 0 Å². The molecule has 1 amide bonds. The normalized spacial score (nSPS) is 12.8. The molecule has 8 nitrogen and oxygen atoms in total. The first kappa shape index (κ1) is 26.7. The van der Waals surface area contributed by atoms with Crippen molar-refractivity contribution in [3.63, 3.8) is 0 Å². The van der Waals surface area contributed by atoms with Crippen LogP contribution in [-0.2, 0) is 11.3 Å². The maximum atomic E-state index is 13.5. The van der Waals surface area contributed by atoms with Crippen LogP contribution in [0.4, 0.5) is 9.18 Å².